The summed E-state index contributed by atoms with van der Waals surface area (Å²) in [6.07, 6.45) is 1.47. The molecular formula is C13H17NO3S2. The Morgan fingerprint density at radius 2 is 2.37 bits per heavy atom. The molecule has 19 heavy (non-hydrogen) atoms. The van der Waals surface area contributed by atoms with Gasteiger partial charge in [0.1, 0.15) is 0 Å². The molecule has 0 aromatic carbocycles. The van der Waals surface area contributed by atoms with Gasteiger partial charge in [0.25, 0.3) is 0 Å². The van der Waals surface area contributed by atoms with Crippen molar-refractivity contribution in [2.24, 2.45) is 5.92 Å². The topological polar surface area (TPSA) is 57.6 Å². The van der Waals surface area contributed by atoms with Crippen LogP contribution in [0, 0.1) is 5.92 Å². The third kappa shape index (κ3) is 4.24. The fraction of sp³-hybridized carbons (Fsp3) is 0.538. The molecule has 104 valence electrons. The smallest absolute Gasteiger partial charge is 0.308 e. The van der Waals surface area contributed by atoms with Gasteiger partial charge in [-0.1, -0.05) is 6.07 Å². The van der Waals surface area contributed by atoms with E-state index in [1.54, 1.807) is 28.0 Å². The number of rotatable bonds is 5. The lowest BCUT2D eigenvalue weighted by atomic mass is 9.98. The fourth-order valence-electron chi connectivity index (χ4n) is 2.13. The molecule has 0 spiro atoms. The predicted molar refractivity (Wildman–Crippen MR) is 77.4 cm³/mol. The summed E-state index contributed by atoms with van der Waals surface area (Å²) in [6, 6.07) is 4.06. The summed E-state index contributed by atoms with van der Waals surface area (Å²) in [5.74, 6) is 0.167. The second kappa shape index (κ2) is 6.96. The fourth-order valence-corrected chi connectivity index (χ4v) is 3.90. The first-order valence-corrected chi connectivity index (χ1v) is 8.31. The third-order valence-electron chi connectivity index (χ3n) is 3.17. The van der Waals surface area contributed by atoms with Gasteiger partial charge in [0.2, 0.25) is 5.91 Å². The summed E-state index contributed by atoms with van der Waals surface area (Å²) < 4.78 is 0. The molecule has 0 saturated carbocycles. The minimum absolute atomic E-state index is 0.0625. The van der Waals surface area contributed by atoms with Crippen molar-refractivity contribution in [2.45, 2.75) is 18.6 Å². The molecule has 1 fully saturated rings. The maximum atomic E-state index is 12.0. The molecule has 1 aromatic rings. The molecule has 0 unspecified atom stereocenters. The first kappa shape index (κ1) is 14.4. The quantitative estimate of drug-likeness (QED) is 0.906. The van der Waals surface area contributed by atoms with Crippen LogP contribution in [0.3, 0.4) is 0 Å². The number of carboxylic acid groups (broad SMARTS) is 1. The molecule has 1 amide bonds. The van der Waals surface area contributed by atoms with E-state index < -0.39 is 5.97 Å². The van der Waals surface area contributed by atoms with Crippen molar-refractivity contribution in [1.29, 1.82) is 0 Å². The summed E-state index contributed by atoms with van der Waals surface area (Å²) in [5.41, 5.74) is 0. The highest BCUT2D eigenvalue weighted by Gasteiger charge is 2.27. The lowest BCUT2D eigenvalue weighted by Crippen LogP contribution is -2.43. The molecule has 1 N–H and O–H groups in total. The van der Waals surface area contributed by atoms with Crippen LogP contribution in [0.2, 0.25) is 0 Å². The van der Waals surface area contributed by atoms with Crippen LogP contribution >= 0.6 is 23.1 Å². The van der Waals surface area contributed by atoms with Gasteiger partial charge in [-0.05, 0) is 24.3 Å². The minimum Gasteiger partial charge on any atom is -0.481 e. The zero-order chi connectivity index (χ0) is 13.7. The Bertz CT molecular complexity index is 433. The van der Waals surface area contributed by atoms with E-state index >= 15 is 0 Å². The van der Waals surface area contributed by atoms with E-state index in [-0.39, 0.29) is 11.8 Å². The number of amides is 1. The van der Waals surface area contributed by atoms with Crippen LogP contribution < -0.4 is 0 Å². The van der Waals surface area contributed by atoms with Crippen molar-refractivity contribution in [1.82, 2.24) is 4.90 Å². The summed E-state index contributed by atoms with van der Waals surface area (Å²) in [4.78, 5) is 25.9. The number of likely N-dealkylation sites (tertiary alicyclic amines) is 1. The number of aliphatic carboxylic acids is 1. The number of piperidine rings is 1. The molecule has 2 heterocycles. The van der Waals surface area contributed by atoms with E-state index in [1.807, 2.05) is 11.4 Å². The van der Waals surface area contributed by atoms with Crippen LogP contribution in [0.5, 0.6) is 0 Å². The van der Waals surface area contributed by atoms with Gasteiger partial charge in [-0.2, -0.15) is 0 Å². The summed E-state index contributed by atoms with van der Waals surface area (Å²) in [7, 11) is 0. The van der Waals surface area contributed by atoms with Crippen molar-refractivity contribution in [2.75, 3.05) is 18.8 Å². The summed E-state index contributed by atoms with van der Waals surface area (Å²) in [5, 5.41) is 11.0. The van der Waals surface area contributed by atoms with Crippen molar-refractivity contribution in [3.8, 4) is 0 Å². The number of carbonyl (C=O) groups excluding carboxylic acids is 1. The first-order chi connectivity index (χ1) is 9.16. The first-order valence-electron chi connectivity index (χ1n) is 6.27. The van der Waals surface area contributed by atoms with Gasteiger partial charge in [-0.25, -0.2) is 0 Å². The average Bonchev–Trinajstić information content (AvgIpc) is 2.92. The molecule has 1 aromatic heterocycles. The lowest BCUT2D eigenvalue weighted by Gasteiger charge is -2.30. The lowest BCUT2D eigenvalue weighted by molar-refractivity contribution is -0.145. The molecule has 1 atom stereocenters. The highest BCUT2D eigenvalue weighted by atomic mass is 32.2. The third-order valence-corrected chi connectivity index (χ3v) is 5.20. The van der Waals surface area contributed by atoms with E-state index in [1.165, 1.54) is 4.88 Å². The Kier molecular flexibility index (Phi) is 5.27. The standard InChI is InChI=1S/C13H17NO3S2/c15-12(9-18-8-11-4-2-6-19-11)14-5-1-3-10(7-14)13(16)17/h2,4,6,10H,1,3,5,7-9H2,(H,16,17)/t10-/m0/s1. The molecular weight excluding hydrogens is 282 g/mol. The van der Waals surface area contributed by atoms with E-state index in [9.17, 15) is 9.59 Å². The van der Waals surface area contributed by atoms with Gasteiger partial charge in [0.05, 0.1) is 11.7 Å². The predicted octanol–water partition coefficient (Wildman–Crippen LogP) is 2.30. The summed E-state index contributed by atoms with van der Waals surface area (Å²) >= 11 is 3.29. The zero-order valence-corrected chi connectivity index (χ0v) is 12.2. The monoisotopic (exact) mass is 299 g/mol. The molecule has 0 aliphatic carbocycles. The van der Waals surface area contributed by atoms with E-state index in [0.29, 0.717) is 25.3 Å². The van der Waals surface area contributed by atoms with Crippen molar-refractivity contribution >= 4 is 35.0 Å². The number of thioether (sulfide) groups is 1. The molecule has 1 aliphatic rings. The van der Waals surface area contributed by atoms with Crippen molar-refractivity contribution in [3.63, 3.8) is 0 Å². The van der Waals surface area contributed by atoms with Gasteiger partial charge in [0.15, 0.2) is 0 Å². The van der Waals surface area contributed by atoms with Crippen LogP contribution in [0.4, 0.5) is 0 Å². The molecule has 1 saturated heterocycles. The molecule has 2 rings (SSSR count). The molecule has 1 aliphatic heterocycles. The van der Waals surface area contributed by atoms with Gasteiger partial charge < -0.3 is 10.0 Å². The number of hydrogen-bond acceptors (Lipinski definition) is 4. The number of carbonyl (C=O) groups is 2. The van der Waals surface area contributed by atoms with Crippen LogP contribution in [-0.2, 0) is 15.3 Å². The second-order valence-corrected chi connectivity index (χ2v) is 6.61. The molecule has 0 bridgehead atoms. The maximum absolute atomic E-state index is 12.0. The van der Waals surface area contributed by atoms with E-state index in [4.69, 9.17) is 5.11 Å². The second-order valence-electron chi connectivity index (χ2n) is 4.59. The number of hydrogen-bond donors (Lipinski definition) is 1. The normalized spacial score (nSPS) is 19.4. The Hall–Kier alpha value is -1.01. The molecule has 4 nitrogen and oxygen atoms in total. The Morgan fingerprint density at radius 1 is 1.53 bits per heavy atom. The Balaban J connectivity index is 1.74. The molecule has 6 heteroatoms. The van der Waals surface area contributed by atoms with E-state index in [2.05, 4.69) is 6.07 Å². The van der Waals surface area contributed by atoms with Crippen LogP contribution in [-0.4, -0.2) is 40.7 Å². The van der Waals surface area contributed by atoms with Crippen LogP contribution in [0.15, 0.2) is 17.5 Å². The number of nitrogens with zero attached hydrogens (tertiary/aromatic N) is 1. The average molecular weight is 299 g/mol. The van der Waals surface area contributed by atoms with Crippen molar-refractivity contribution in [3.05, 3.63) is 22.4 Å². The van der Waals surface area contributed by atoms with Crippen molar-refractivity contribution < 1.29 is 14.7 Å². The van der Waals surface area contributed by atoms with Gasteiger partial charge >= 0.3 is 5.97 Å². The van der Waals surface area contributed by atoms with Crippen LogP contribution in [0.25, 0.3) is 0 Å². The SMILES string of the molecule is O=C(O)[C@H]1CCCN(C(=O)CSCc2cccs2)C1. The van der Waals surface area contributed by atoms with Gasteiger partial charge in [-0.15, -0.1) is 23.1 Å². The minimum atomic E-state index is -0.788. The van der Waals surface area contributed by atoms with Crippen LogP contribution in [0.1, 0.15) is 17.7 Å². The van der Waals surface area contributed by atoms with E-state index in [0.717, 1.165) is 12.2 Å². The highest BCUT2D eigenvalue weighted by molar-refractivity contribution is 7.99. The zero-order valence-electron chi connectivity index (χ0n) is 10.6. The largest absolute Gasteiger partial charge is 0.481 e. The highest BCUT2D eigenvalue weighted by Crippen LogP contribution is 2.20. The number of thiophene rings is 1. The Morgan fingerprint density at radius 3 is 3.05 bits per heavy atom. The van der Waals surface area contributed by atoms with Gasteiger partial charge in [-0.3, -0.25) is 9.59 Å². The summed E-state index contributed by atoms with van der Waals surface area (Å²) in [6.45, 7) is 1.07. The maximum Gasteiger partial charge on any atom is 0.308 e. The Labute approximate surface area is 120 Å². The molecule has 0 radical (unpaired) electrons. The number of carboxylic acids is 1. The van der Waals surface area contributed by atoms with Gasteiger partial charge in [0, 0.05) is 23.7 Å².